The monoisotopic (exact) mass is 720 g/mol. The number of carbonyl (C=O) groups excluding carboxylic acids is 1. The fourth-order valence-electron chi connectivity index (χ4n) is 7.38. The van der Waals surface area contributed by atoms with Gasteiger partial charge in [0.05, 0.1) is 11.2 Å². The van der Waals surface area contributed by atoms with Crippen LogP contribution in [0.5, 0.6) is 0 Å². The molecule has 0 bridgehead atoms. The zero-order valence-corrected chi connectivity index (χ0v) is 28.6. The zero-order valence-electron chi connectivity index (χ0n) is 28.6. The minimum atomic E-state index is -3.52. The van der Waals surface area contributed by atoms with Crippen molar-refractivity contribution in [3.63, 3.8) is 0 Å². The van der Waals surface area contributed by atoms with Gasteiger partial charge in [0, 0.05) is 60.4 Å². The molecule has 3 heterocycles. The van der Waals surface area contributed by atoms with Gasteiger partial charge in [0.1, 0.15) is 40.9 Å². The van der Waals surface area contributed by atoms with Crippen molar-refractivity contribution in [1.82, 2.24) is 24.5 Å². The molecule has 3 N–H and O–H groups in total. The van der Waals surface area contributed by atoms with Crippen molar-refractivity contribution in [3.8, 4) is 23.0 Å². The molecule has 0 amide bonds. The number of aliphatic hydroxyl groups is 1. The first-order chi connectivity index (χ1) is 24.3. The van der Waals surface area contributed by atoms with Crippen molar-refractivity contribution >= 4 is 22.5 Å². The number of nitrogen functional groups attached to an aromatic ring is 1. The summed E-state index contributed by atoms with van der Waals surface area (Å²) in [5, 5.41) is 19.1. The smallest absolute Gasteiger partial charge is 0.293 e. The lowest BCUT2D eigenvalue weighted by atomic mass is 9.86. The predicted octanol–water partition coefficient (Wildman–Crippen LogP) is 7.12. The molecule has 14 heteroatoms. The molecule has 1 saturated carbocycles. The van der Waals surface area contributed by atoms with Crippen molar-refractivity contribution in [2.45, 2.75) is 75.9 Å². The van der Waals surface area contributed by atoms with Crippen LogP contribution in [0.25, 0.3) is 22.0 Å². The van der Waals surface area contributed by atoms with E-state index in [0.717, 1.165) is 12.1 Å². The highest BCUT2D eigenvalue weighted by Crippen LogP contribution is 2.68. The Morgan fingerprint density at radius 1 is 1.08 bits per heavy atom. The standard InChI is InChI=1S/C38H34F6N6O2/c1-36(2,52)11-10-23-8-9-25(26-6-5-7-27-32(26)49(4)48-35(27)45)31(46-23)20(12-19-13-21(39)16-22(40)14-19)15-24(51)18-50-34-30(33(47-50)37(3,41)42)28-17-29(28)38(34,43)44/h5-9,13-14,16,20,28-29,52H,12,15,17-18H2,1-4H3,(H2,45,48)/t20-,28+,29-/m1/s1. The molecular formula is C38H34F6N6O2. The molecule has 2 aliphatic carbocycles. The van der Waals surface area contributed by atoms with E-state index in [9.17, 15) is 27.5 Å². The molecular weight excluding hydrogens is 686 g/mol. The minimum absolute atomic E-state index is 0.0607. The molecule has 2 aromatic carbocycles. The van der Waals surface area contributed by atoms with Gasteiger partial charge in [-0.25, -0.2) is 13.8 Å². The number of aryl methyl sites for hydroxylation is 1. The summed E-state index contributed by atoms with van der Waals surface area (Å²) >= 11 is 0. The van der Waals surface area contributed by atoms with Crippen LogP contribution in [-0.2, 0) is 36.7 Å². The highest BCUT2D eigenvalue weighted by molar-refractivity contribution is 6.00. The van der Waals surface area contributed by atoms with Crippen LogP contribution in [0.3, 0.4) is 0 Å². The number of para-hydroxylation sites is 1. The Balaban J connectivity index is 1.36. The Hall–Kier alpha value is -5.16. The van der Waals surface area contributed by atoms with Gasteiger partial charge in [-0.05, 0) is 74.4 Å². The summed E-state index contributed by atoms with van der Waals surface area (Å²) in [7, 11) is 1.70. The van der Waals surface area contributed by atoms with Crippen LogP contribution < -0.4 is 5.73 Å². The van der Waals surface area contributed by atoms with E-state index in [1.165, 1.54) is 13.8 Å². The van der Waals surface area contributed by atoms with Crippen LogP contribution in [0, 0.1) is 29.4 Å². The maximum atomic E-state index is 15.4. The topological polar surface area (TPSA) is 112 Å². The fraction of sp³-hybridized carbons (Fsp3) is 0.368. The third kappa shape index (κ3) is 6.42. The van der Waals surface area contributed by atoms with Gasteiger partial charge < -0.3 is 10.8 Å². The number of aromatic nitrogens is 5. The highest BCUT2D eigenvalue weighted by atomic mass is 19.3. The van der Waals surface area contributed by atoms with Crippen molar-refractivity contribution < 1.29 is 36.2 Å². The number of nitrogens with two attached hydrogens (primary N) is 1. The minimum Gasteiger partial charge on any atom is -0.382 e. The van der Waals surface area contributed by atoms with Crippen LogP contribution in [-0.4, -0.2) is 41.0 Å². The molecule has 1 fully saturated rings. The van der Waals surface area contributed by atoms with E-state index in [1.54, 1.807) is 42.1 Å². The Bertz CT molecular complexity index is 2300. The second-order valence-electron chi connectivity index (χ2n) is 14.3. The number of hydrogen-bond donors (Lipinski definition) is 2. The van der Waals surface area contributed by atoms with E-state index < -0.39 is 77.0 Å². The fourth-order valence-corrected chi connectivity index (χ4v) is 7.38. The lowest BCUT2D eigenvalue weighted by Crippen LogP contribution is -2.24. The number of pyridine rings is 1. The predicted molar refractivity (Wildman–Crippen MR) is 180 cm³/mol. The first-order valence-corrected chi connectivity index (χ1v) is 16.6. The molecule has 0 saturated heterocycles. The summed E-state index contributed by atoms with van der Waals surface area (Å²) in [4.78, 5) is 18.8. The molecule has 5 aromatic rings. The normalized spacial score (nSPS) is 18.1. The second-order valence-corrected chi connectivity index (χ2v) is 14.3. The molecule has 52 heavy (non-hydrogen) atoms. The molecule has 270 valence electrons. The van der Waals surface area contributed by atoms with E-state index in [-0.39, 0.29) is 41.2 Å². The van der Waals surface area contributed by atoms with E-state index in [4.69, 9.17) is 10.7 Å². The first kappa shape index (κ1) is 35.3. The Kier molecular flexibility index (Phi) is 8.29. The van der Waals surface area contributed by atoms with Gasteiger partial charge in [0.2, 0.25) is 0 Å². The van der Waals surface area contributed by atoms with Gasteiger partial charge in [-0.3, -0.25) is 14.2 Å². The summed E-state index contributed by atoms with van der Waals surface area (Å²) in [5.74, 6) is -6.36. The lowest BCUT2D eigenvalue weighted by Gasteiger charge is -2.21. The average Bonchev–Trinajstić information content (AvgIpc) is 3.59. The number of Topliss-reactive ketones (excluding diaryl/α,β-unsaturated/α-hetero) is 1. The third-order valence-corrected chi connectivity index (χ3v) is 9.54. The molecule has 0 unspecified atom stereocenters. The molecule has 0 spiro atoms. The number of fused-ring (bicyclic) bond motifs is 4. The third-order valence-electron chi connectivity index (χ3n) is 9.54. The van der Waals surface area contributed by atoms with E-state index in [2.05, 4.69) is 22.0 Å². The van der Waals surface area contributed by atoms with Crippen molar-refractivity contribution in [2.24, 2.45) is 13.0 Å². The number of rotatable bonds is 9. The van der Waals surface area contributed by atoms with Gasteiger partial charge in [-0.15, -0.1) is 0 Å². The van der Waals surface area contributed by atoms with Crippen LogP contribution in [0.4, 0.5) is 32.2 Å². The highest BCUT2D eigenvalue weighted by Gasteiger charge is 2.67. The van der Waals surface area contributed by atoms with E-state index in [1.807, 2.05) is 0 Å². The van der Waals surface area contributed by atoms with Crippen LogP contribution in [0.1, 0.15) is 79.4 Å². The van der Waals surface area contributed by atoms with Gasteiger partial charge in [0.15, 0.2) is 11.6 Å². The van der Waals surface area contributed by atoms with E-state index in [0.29, 0.717) is 39.7 Å². The summed E-state index contributed by atoms with van der Waals surface area (Å²) in [6.07, 6.45) is -0.484. The number of ketones is 1. The average molecular weight is 721 g/mol. The Morgan fingerprint density at radius 3 is 2.46 bits per heavy atom. The number of benzene rings is 2. The molecule has 3 atom stereocenters. The number of nitrogens with zero attached hydrogens (tertiary/aromatic N) is 5. The maximum Gasteiger partial charge on any atom is 0.293 e. The number of anilines is 1. The number of hydrogen-bond acceptors (Lipinski definition) is 6. The van der Waals surface area contributed by atoms with Crippen LogP contribution in [0.15, 0.2) is 48.5 Å². The molecule has 8 nitrogen and oxygen atoms in total. The summed E-state index contributed by atoms with van der Waals surface area (Å²) in [6, 6.07) is 11.6. The van der Waals surface area contributed by atoms with Crippen LogP contribution >= 0.6 is 0 Å². The van der Waals surface area contributed by atoms with E-state index >= 15 is 8.78 Å². The van der Waals surface area contributed by atoms with Gasteiger partial charge in [-0.1, -0.05) is 18.1 Å². The summed E-state index contributed by atoms with van der Waals surface area (Å²) < 4.78 is 91.4. The Labute approximate surface area is 294 Å². The lowest BCUT2D eigenvalue weighted by molar-refractivity contribution is -0.120. The number of carbonyl (C=O) groups is 1. The SMILES string of the molecule is Cn1nc(N)c2cccc(-c3ccc(C#CC(C)(C)O)nc3[C@@H](CC(=O)Cn3nc(C(C)(F)F)c4c3C(F)(F)[C@@H]3C[C@H]43)Cc3cc(F)cc(F)c3)c21. The van der Waals surface area contributed by atoms with Gasteiger partial charge >= 0.3 is 0 Å². The summed E-state index contributed by atoms with van der Waals surface area (Å²) in [5.41, 5.74) is 5.54. The zero-order chi connectivity index (χ0) is 37.5. The van der Waals surface area contributed by atoms with Crippen molar-refractivity contribution in [2.75, 3.05) is 5.73 Å². The molecule has 0 aliphatic heterocycles. The number of halogens is 6. The largest absolute Gasteiger partial charge is 0.382 e. The van der Waals surface area contributed by atoms with Gasteiger partial charge in [0.25, 0.3) is 11.8 Å². The first-order valence-electron chi connectivity index (χ1n) is 16.6. The molecule has 3 aromatic heterocycles. The number of alkyl halides is 4. The molecule has 2 aliphatic rings. The van der Waals surface area contributed by atoms with Gasteiger partial charge in [-0.2, -0.15) is 27.8 Å². The van der Waals surface area contributed by atoms with Crippen LogP contribution in [0.2, 0.25) is 0 Å². The second kappa shape index (κ2) is 12.2. The quantitative estimate of drug-likeness (QED) is 0.124. The van der Waals surface area contributed by atoms with Crippen molar-refractivity contribution in [1.29, 1.82) is 0 Å². The summed E-state index contributed by atoms with van der Waals surface area (Å²) in [6.45, 7) is 2.81. The maximum absolute atomic E-state index is 15.4. The molecule has 0 radical (unpaired) electrons. The van der Waals surface area contributed by atoms with Crippen molar-refractivity contribution in [3.05, 3.63) is 94.1 Å². The molecule has 7 rings (SSSR count). The Morgan fingerprint density at radius 2 is 1.79 bits per heavy atom.